The molecule has 0 spiro atoms. The Balaban J connectivity index is 1.28. The van der Waals surface area contributed by atoms with Gasteiger partial charge in [-0.1, -0.05) is 18.9 Å². The van der Waals surface area contributed by atoms with E-state index >= 15 is 0 Å². The van der Waals surface area contributed by atoms with E-state index in [1.165, 1.54) is 48.8 Å². The van der Waals surface area contributed by atoms with Gasteiger partial charge in [-0.3, -0.25) is 9.59 Å². The Labute approximate surface area is 202 Å². The zero-order valence-electron chi connectivity index (χ0n) is 19.4. The molecule has 1 unspecified atom stereocenters. The topological polar surface area (TPSA) is 91.0 Å². The molecule has 1 atom stereocenters. The number of amides is 1. The second-order valence-electron chi connectivity index (χ2n) is 8.57. The molecule has 0 radical (unpaired) electrons. The van der Waals surface area contributed by atoms with Crippen molar-refractivity contribution in [2.45, 2.75) is 64.0 Å². The maximum Gasteiger partial charge on any atom is 0.259 e. The summed E-state index contributed by atoms with van der Waals surface area (Å²) in [6.07, 6.45) is 6.89. The quantitative estimate of drug-likeness (QED) is 0.518. The number of thiophene rings is 1. The standard InChI is InChI=1S/C24H31N5O2S2/c1-15-16(2)33-24-21(15)23(31)27-19(28-24)14-32-17(3)22(30)26-13-18-8-9-20(25-12-18)29-10-6-4-5-7-11-29/h8-9,12,17H,4-7,10-11,13-14H2,1-3H3,(H,26,30)(H,27,28,31). The number of nitrogens with one attached hydrogen (secondary N) is 2. The van der Waals surface area contributed by atoms with Gasteiger partial charge in [0.25, 0.3) is 5.56 Å². The lowest BCUT2D eigenvalue weighted by molar-refractivity contribution is -0.120. The van der Waals surface area contributed by atoms with Crippen LogP contribution in [-0.2, 0) is 17.1 Å². The van der Waals surface area contributed by atoms with Crippen molar-refractivity contribution in [2.75, 3.05) is 18.0 Å². The summed E-state index contributed by atoms with van der Waals surface area (Å²) >= 11 is 3.00. The number of aryl methyl sites for hydroxylation is 2. The number of anilines is 1. The number of nitrogens with zero attached hydrogens (tertiary/aromatic N) is 3. The first-order valence-corrected chi connectivity index (χ1v) is 13.4. The summed E-state index contributed by atoms with van der Waals surface area (Å²) in [5, 5.41) is 3.40. The van der Waals surface area contributed by atoms with E-state index in [0.29, 0.717) is 23.5 Å². The Morgan fingerprint density at radius 2 is 2.00 bits per heavy atom. The monoisotopic (exact) mass is 485 g/mol. The first kappa shape index (κ1) is 23.8. The van der Waals surface area contributed by atoms with Crippen LogP contribution in [0.15, 0.2) is 23.1 Å². The molecule has 2 N–H and O–H groups in total. The second-order valence-corrected chi connectivity index (χ2v) is 11.1. The molecule has 0 bridgehead atoms. The number of carbonyl (C=O) groups is 1. The highest BCUT2D eigenvalue weighted by atomic mass is 32.2. The number of fused-ring (bicyclic) bond motifs is 1. The van der Waals surface area contributed by atoms with Crippen molar-refractivity contribution in [3.63, 3.8) is 0 Å². The van der Waals surface area contributed by atoms with Gasteiger partial charge in [0.05, 0.1) is 16.4 Å². The molecule has 0 aromatic carbocycles. The van der Waals surface area contributed by atoms with Crippen LogP contribution in [0.2, 0.25) is 0 Å². The van der Waals surface area contributed by atoms with Gasteiger partial charge in [0.2, 0.25) is 5.91 Å². The van der Waals surface area contributed by atoms with Crippen molar-refractivity contribution < 1.29 is 4.79 Å². The number of thioether (sulfide) groups is 1. The third kappa shape index (κ3) is 5.76. The molecule has 4 heterocycles. The largest absolute Gasteiger partial charge is 0.357 e. The van der Waals surface area contributed by atoms with Gasteiger partial charge in [-0.25, -0.2) is 9.97 Å². The van der Waals surface area contributed by atoms with Gasteiger partial charge in [-0.15, -0.1) is 23.1 Å². The number of H-pyrrole nitrogens is 1. The van der Waals surface area contributed by atoms with Crippen LogP contribution in [-0.4, -0.2) is 39.2 Å². The molecule has 1 aliphatic heterocycles. The van der Waals surface area contributed by atoms with Crippen molar-refractivity contribution in [3.05, 3.63) is 50.5 Å². The number of aromatic nitrogens is 3. The Hall–Kier alpha value is -2.39. The summed E-state index contributed by atoms with van der Waals surface area (Å²) in [5.74, 6) is 2.06. The average molecular weight is 486 g/mol. The minimum Gasteiger partial charge on any atom is -0.357 e. The number of aromatic amines is 1. The Morgan fingerprint density at radius 1 is 1.24 bits per heavy atom. The molecule has 4 rings (SSSR count). The maximum atomic E-state index is 12.6. The van der Waals surface area contributed by atoms with Crippen molar-refractivity contribution in [1.29, 1.82) is 0 Å². The van der Waals surface area contributed by atoms with Gasteiger partial charge in [-0.05, 0) is 50.8 Å². The lowest BCUT2D eigenvalue weighted by atomic mass is 10.2. The van der Waals surface area contributed by atoms with Gasteiger partial charge < -0.3 is 15.2 Å². The van der Waals surface area contributed by atoms with Crippen molar-refractivity contribution in [3.8, 4) is 0 Å². The number of rotatable bonds is 7. The molecule has 1 amide bonds. The number of carbonyl (C=O) groups excluding carboxylic acids is 1. The van der Waals surface area contributed by atoms with E-state index in [1.807, 2.05) is 33.0 Å². The SMILES string of the molecule is Cc1sc2nc(CSC(C)C(=O)NCc3ccc(N4CCCCCC4)nc3)[nH]c(=O)c2c1C. The molecule has 7 nitrogen and oxygen atoms in total. The highest BCUT2D eigenvalue weighted by Gasteiger charge is 2.16. The molecular weight excluding hydrogens is 454 g/mol. The summed E-state index contributed by atoms with van der Waals surface area (Å²) in [4.78, 5) is 41.3. The molecule has 1 aliphatic rings. The predicted molar refractivity (Wildman–Crippen MR) is 137 cm³/mol. The van der Waals surface area contributed by atoms with Gasteiger partial charge in [-0.2, -0.15) is 0 Å². The molecule has 3 aromatic heterocycles. The van der Waals surface area contributed by atoms with Crippen LogP contribution in [0.25, 0.3) is 10.2 Å². The van der Waals surface area contributed by atoms with Crippen LogP contribution in [0.5, 0.6) is 0 Å². The number of pyridine rings is 1. The maximum absolute atomic E-state index is 12.6. The first-order valence-electron chi connectivity index (χ1n) is 11.5. The second kappa shape index (κ2) is 10.7. The zero-order valence-corrected chi connectivity index (χ0v) is 21.1. The van der Waals surface area contributed by atoms with Crippen LogP contribution in [0, 0.1) is 13.8 Å². The summed E-state index contributed by atoms with van der Waals surface area (Å²) in [5.41, 5.74) is 1.87. The molecule has 9 heteroatoms. The Bertz CT molecular complexity index is 1160. The van der Waals surface area contributed by atoms with Crippen LogP contribution in [0.1, 0.15) is 54.4 Å². The third-order valence-electron chi connectivity index (χ3n) is 6.13. The zero-order chi connectivity index (χ0) is 23.4. The van der Waals surface area contributed by atoms with Crippen molar-refractivity contribution >= 4 is 45.0 Å². The number of hydrogen-bond donors (Lipinski definition) is 2. The van der Waals surface area contributed by atoms with Gasteiger partial charge >= 0.3 is 0 Å². The van der Waals surface area contributed by atoms with Gasteiger partial charge in [0.15, 0.2) is 0 Å². The fraction of sp³-hybridized carbons (Fsp3) is 0.500. The minimum absolute atomic E-state index is 0.0390. The van der Waals surface area contributed by atoms with E-state index < -0.39 is 0 Å². The number of hydrogen-bond acceptors (Lipinski definition) is 7. The van der Waals surface area contributed by atoms with Gasteiger partial charge in [0.1, 0.15) is 16.5 Å². The summed E-state index contributed by atoms with van der Waals surface area (Å²) in [6.45, 7) is 8.40. The molecule has 0 aliphatic carbocycles. The molecule has 0 saturated carbocycles. The highest BCUT2D eigenvalue weighted by Crippen LogP contribution is 2.26. The highest BCUT2D eigenvalue weighted by molar-refractivity contribution is 7.99. The predicted octanol–water partition coefficient (Wildman–Crippen LogP) is 4.31. The van der Waals surface area contributed by atoms with E-state index in [1.54, 1.807) is 0 Å². The van der Waals surface area contributed by atoms with E-state index in [9.17, 15) is 9.59 Å². The minimum atomic E-state index is -0.262. The average Bonchev–Trinajstić information content (AvgIpc) is 2.98. The lowest BCUT2D eigenvalue weighted by Crippen LogP contribution is -2.30. The van der Waals surface area contributed by atoms with E-state index in [0.717, 1.165) is 39.7 Å². The van der Waals surface area contributed by atoms with Crippen molar-refractivity contribution in [1.82, 2.24) is 20.3 Å². The van der Waals surface area contributed by atoms with Gasteiger partial charge in [0, 0.05) is 30.7 Å². The molecule has 1 fully saturated rings. The fourth-order valence-corrected chi connectivity index (χ4v) is 5.82. The molecule has 3 aromatic rings. The normalized spacial score (nSPS) is 15.4. The van der Waals surface area contributed by atoms with Crippen LogP contribution in [0.4, 0.5) is 5.82 Å². The summed E-state index contributed by atoms with van der Waals surface area (Å²) < 4.78 is 0. The first-order chi connectivity index (χ1) is 15.9. The fourth-order valence-electron chi connectivity index (χ4n) is 3.99. The van der Waals surface area contributed by atoms with E-state index in [4.69, 9.17) is 0 Å². The summed E-state index contributed by atoms with van der Waals surface area (Å²) in [6, 6.07) is 4.09. The molecule has 176 valence electrons. The Kier molecular flexibility index (Phi) is 7.70. The molecule has 1 saturated heterocycles. The molecule has 33 heavy (non-hydrogen) atoms. The Morgan fingerprint density at radius 3 is 2.70 bits per heavy atom. The summed E-state index contributed by atoms with van der Waals surface area (Å²) in [7, 11) is 0. The van der Waals surface area contributed by atoms with E-state index in [-0.39, 0.29) is 16.7 Å². The third-order valence-corrected chi connectivity index (χ3v) is 8.39. The van der Waals surface area contributed by atoms with Crippen LogP contribution >= 0.6 is 23.1 Å². The van der Waals surface area contributed by atoms with Crippen LogP contribution in [0.3, 0.4) is 0 Å². The van der Waals surface area contributed by atoms with Crippen LogP contribution < -0.4 is 15.8 Å². The lowest BCUT2D eigenvalue weighted by Gasteiger charge is -2.21. The van der Waals surface area contributed by atoms with E-state index in [2.05, 4.69) is 31.2 Å². The molecular formula is C24H31N5O2S2. The van der Waals surface area contributed by atoms with Crippen molar-refractivity contribution in [2.24, 2.45) is 0 Å². The smallest absolute Gasteiger partial charge is 0.259 e.